The summed E-state index contributed by atoms with van der Waals surface area (Å²) in [4.78, 5) is 7.69. The van der Waals surface area contributed by atoms with Crippen LogP contribution in [-0.2, 0) is 25.9 Å². The van der Waals surface area contributed by atoms with Gasteiger partial charge in [0.15, 0.2) is 0 Å². The summed E-state index contributed by atoms with van der Waals surface area (Å²) in [7, 11) is 0. The quantitative estimate of drug-likeness (QED) is 0.274. The summed E-state index contributed by atoms with van der Waals surface area (Å²) in [5.41, 5.74) is 9.13. The maximum absolute atomic E-state index is 5.10. The molecule has 0 fully saturated rings. The Labute approximate surface area is 195 Å². The summed E-state index contributed by atoms with van der Waals surface area (Å²) < 4.78 is 0. The van der Waals surface area contributed by atoms with Crippen LogP contribution in [0.15, 0.2) is 60.7 Å². The maximum Gasteiger partial charge on any atom is 0.0710 e. The minimum absolute atomic E-state index is 0.955. The Morgan fingerprint density at radius 1 is 0.688 bits per heavy atom. The SMILES string of the molecule is CCCCCCN(Cc1ccccc1)Cc1ccc(-c2c(CC)cccc2CC)nc1C. The zero-order valence-electron chi connectivity index (χ0n) is 20.5. The highest BCUT2D eigenvalue weighted by Crippen LogP contribution is 2.28. The molecule has 0 aliphatic rings. The van der Waals surface area contributed by atoms with Crippen LogP contribution >= 0.6 is 0 Å². The van der Waals surface area contributed by atoms with Crippen molar-refractivity contribution in [2.45, 2.75) is 79.3 Å². The van der Waals surface area contributed by atoms with Crippen LogP contribution in [0.4, 0.5) is 0 Å². The lowest BCUT2D eigenvalue weighted by Crippen LogP contribution is -2.24. The molecule has 0 amide bonds. The van der Waals surface area contributed by atoms with Gasteiger partial charge in [0.05, 0.1) is 5.69 Å². The van der Waals surface area contributed by atoms with E-state index in [9.17, 15) is 0 Å². The highest BCUT2D eigenvalue weighted by atomic mass is 15.1. The molecule has 2 heteroatoms. The molecule has 0 radical (unpaired) electrons. The average Bonchev–Trinajstić information content (AvgIpc) is 2.83. The fraction of sp³-hybridized carbons (Fsp3) is 0.433. The first-order valence-corrected chi connectivity index (χ1v) is 12.5. The summed E-state index contributed by atoms with van der Waals surface area (Å²) in [5, 5.41) is 0. The van der Waals surface area contributed by atoms with E-state index in [1.807, 2.05) is 0 Å². The molecule has 0 unspecified atom stereocenters. The summed E-state index contributed by atoms with van der Waals surface area (Å²) in [6, 6.07) is 22.1. The zero-order valence-corrected chi connectivity index (χ0v) is 20.5. The van der Waals surface area contributed by atoms with E-state index in [-0.39, 0.29) is 0 Å². The Balaban J connectivity index is 1.81. The molecule has 170 valence electrons. The molecule has 2 nitrogen and oxygen atoms in total. The van der Waals surface area contributed by atoms with Crippen molar-refractivity contribution in [2.24, 2.45) is 0 Å². The number of pyridine rings is 1. The first-order valence-electron chi connectivity index (χ1n) is 12.5. The molecule has 3 rings (SSSR count). The maximum atomic E-state index is 5.10. The van der Waals surface area contributed by atoms with E-state index in [4.69, 9.17) is 4.98 Å². The van der Waals surface area contributed by atoms with Crippen LogP contribution in [0.25, 0.3) is 11.3 Å². The second-order valence-corrected chi connectivity index (χ2v) is 8.86. The van der Waals surface area contributed by atoms with E-state index in [0.29, 0.717) is 0 Å². The second-order valence-electron chi connectivity index (χ2n) is 8.86. The lowest BCUT2D eigenvalue weighted by molar-refractivity contribution is 0.249. The van der Waals surface area contributed by atoms with Gasteiger partial charge < -0.3 is 0 Å². The number of rotatable bonds is 12. The van der Waals surface area contributed by atoms with Crippen molar-refractivity contribution in [3.8, 4) is 11.3 Å². The first kappa shape index (κ1) is 24.2. The average molecular weight is 429 g/mol. The lowest BCUT2D eigenvalue weighted by atomic mass is 9.94. The fourth-order valence-electron chi connectivity index (χ4n) is 4.53. The summed E-state index contributed by atoms with van der Waals surface area (Å²) >= 11 is 0. The van der Waals surface area contributed by atoms with Crippen molar-refractivity contribution >= 4 is 0 Å². The minimum atomic E-state index is 0.955. The van der Waals surface area contributed by atoms with E-state index in [2.05, 4.69) is 93.3 Å². The van der Waals surface area contributed by atoms with E-state index in [1.165, 1.54) is 53.5 Å². The van der Waals surface area contributed by atoms with Gasteiger partial charge in [-0.2, -0.15) is 0 Å². The Hall–Kier alpha value is -2.45. The molecule has 0 saturated heterocycles. The van der Waals surface area contributed by atoms with Gasteiger partial charge in [-0.3, -0.25) is 9.88 Å². The Morgan fingerprint density at radius 3 is 2.03 bits per heavy atom. The van der Waals surface area contributed by atoms with Gasteiger partial charge in [-0.15, -0.1) is 0 Å². The van der Waals surface area contributed by atoms with Gasteiger partial charge in [0.1, 0.15) is 0 Å². The third kappa shape index (κ3) is 6.53. The number of aromatic nitrogens is 1. The number of benzene rings is 2. The number of hydrogen-bond acceptors (Lipinski definition) is 2. The van der Waals surface area contributed by atoms with Crippen molar-refractivity contribution in [2.75, 3.05) is 6.54 Å². The van der Waals surface area contributed by atoms with Crippen molar-refractivity contribution < 1.29 is 0 Å². The smallest absolute Gasteiger partial charge is 0.0710 e. The fourth-order valence-corrected chi connectivity index (χ4v) is 4.53. The van der Waals surface area contributed by atoms with E-state index >= 15 is 0 Å². The largest absolute Gasteiger partial charge is 0.295 e. The van der Waals surface area contributed by atoms with E-state index < -0.39 is 0 Å². The van der Waals surface area contributed by atoms with Gasteiger partial charge >= 0.3 is 0 Å². The molecular weight excluding hydrogens is 388 g/mol. The Kier molecular flexibility index (Phi) is 9.49. The Morgan fingerprint density at radius 2 is 1.41 bits per heavy atom. The van der Waals surface area contributed by atoms with Crippen LogP contribution in [0.2, 0.25) is 0 Å². The second kappa shape index (κ2) is 12.6. The molecule has 1 heterocycles. The molecule has 0 aliphatic carbocycles. The number of unbranched alkanes of at least 4 members (excludes halogenated alkanes) is 3. The monoisotopic (exact) mass is 428 g/mol. The lowest BCUT2D eigenvalue weighted by Gasteiger charge is -2.24. The Bertz CT molecular complexity index is 940. The summed E-state index contributed by atoms with van der Waals surface area (Å²) in [6.45, 7) is 12.0. The van der Waals surface area contributed by atoms with Crippen LogP contribution in [0.3, 0.4) is 0 Å². The predicted molar refractivity (Wildman–Crippen MR) is 138 cm³/mol. The summed E-state index contributed by atoms with van der Waals surface area (Å²) in [5.74, 6) is 0. The number of hydrogen-bond donors (Lipinski definition) is 0. The number of aryl methyl sites for hydroxylation is 3. The third-order valence-corrected chi connectivity index (χ3v) is 6.42. The molecule has 0 bridgehead atoms. The standard InChI is InChI=1S/C30H40N2/c1-5-8-9-13-21-32(22-25-15-11-10-12-16-25)23-28-19-20-29(31-24(28)4)30-26(6-2)17-14-18-27(30)7-3/h10-12,14-20H,5-9,13,21-23H2,1-4H3. The van der Waals surface area contributed by atoms with E-state index in [1.54, 1.807) is 0 Å². The number of nitrogens with zero attached hydrogens (tertiary/aromatic N) is 2. The van der Waals surface area contributed by atoms with Crippen LogP contribution in [0.5, 0.6) is 0 Å². The molecule has 0 N–H and O–H groups in total. The zero-order chi connectivity index (χ0) is 22.8. The van der Waals surface area contributed by atoms with Crippen LogP contribution in [0.1, 0.15) is 74.4 Å². The normalized spacial score (nSPS) is 11.3. The molecule has 1 aromatic heterocycles. The van der Waals surface area contributed by atoms with Gasteiger partial charge in [-0.05, 0) is 61.1 Å². The van der Waals surface area contributed by atoms with Gasteiger partial charge in [0.25, 0.3) is 0 Å². The molecule has 0 saturated carbocycles. The van der Waals surface area contributed by atoms with Gasteiger partial charge in [-0.1, -0.05) is 94.6 Å². The minimum Gasteiger partial charge on any atom is -0.295 e. The molecule has 0 aliphatic heterocycles. The molecule has 32 heavy (non-hydrogen) atoms. The van der Waals surface area contributed by atoms with Crippen molar-refractivity contribution in [1.82, 2.24) is 9.88 Å². The van der Waals surface area contributed by atoms with Gasteiger partial charge in [0.2, 0.25) is 0 Å². The van der Waals surface area contributed by atoms with Crippen LogP contribution < -0.4 is 0 Å². The van der Waals surface area contributed by atoms with Crippen LogP contribution in [0, 0.1) is 6.92 Å². The first-order chi connectivity index (χ1) is 15.7. The highest BCUT2D eigenvalue weighted by Gasteiger charge is 2.14. The van der Waals surface area contributed by atoms with Gasteiger partial charge in [-0.25, -0.2) is 0 Å². The van der Waals surface area contributed by atoms with E-state index in [0.717, 1.165) is 43.9 Å². The molecule has 0 spiro atoms. The molecule has 0 atom stereocenters. The van der Waals surface area contributed by atoms with Crippen molar-refractivity contribution in [3.63, 3.8) is 0 Å². The van der Waals surface area contributed by atoms with Crippen LogP contribution in [-0.4, -0.2) is 16.4 Å². The van der Waals surface area contributed by atoms with Crippen molar-refractivity contribution in [1.29, 1.82) is 0 Å². The predicted octanol–water partition coefficient (Wildman–Crippen LogP) is 7.76. The molecular formula is C30H40N2. The summed E-state index contributed by atoms with van der Waals surface area (Å²) in [6.07, 6.45) is 7.25. The third-order valence-electron chi connectivity index (χ3n) is 6.42. The van der Waals surface area contributed by atoms with Gasteiger partial charge in [0, 0.05) is 24.3 Å². The topological polar surface area (TPSA) is 16.1 Å². The highest BCUT2D eigenvalue weighted by molar-refractivity contribution is 5.68. The van der Waals surface area contributed by atoms with Crippen molar-refractivity contribution in [3.05, 3.63) is 88.6 Å². The molecule has 2 aromatic carbocycles. The molecule has 3 aromatic rings.